The molecule has 1 heterocycles. The van der Waals surface area contributed by atoms with E-state index in [1.54, 1.807) is 12.1 Å². The Balaban J connectivity index is 1.63. The first kappa shape index (κ1) is 15.4. The minimum Gasteiger partial charge on any atom is -0.354 e. The molecule has 1 aliphatic carbocycles. The highest BCUT2D eigenvalue weighted by atomic mass is 32.2. The molecular weight excluding hydrogens is 320 g/mol. The molecule has 2 atom stereocenters. The number of nitrogens with zero attached hydrogens (tertiary/aromatic N) is 2. The number of hydrogen-bond acceptors (Lipinski definition) is 2. The van der Waals surface area contributed by atoms with Gasteiger partial charge in [0.25, 0.3) is 10.0 Å². The van der Waals surface area contributed by atoms with E-state index in [9.17, 15) is 8.42 Å². The maximum atomic E-state index is 12.6. The molecule has 0 radical (unpaired) electrons. The van der Waals surface area contributed by atoms with Gasteiger partial charge in [0.1, 0.15) is 5.84 Å². The van der Waals surface area contributed by atoms with E-state index in [2.05, 4.69) is 21.4 Å². The molecule has 0 aromatic heterocycles. The van der Waals surface area contributed by atoms with Gasteiger partial charge in [-0.1, -0.05) is 48.0 Å². The Morgan fingerprint density at radius 3 is 2.50 bits per heavy atom. The molecule has 0 N–H and O–H groups in total. The highest BCUT2D eigenvalue weighted by Gasteiger charge is 2.50. The van der Waals surface area contributed by atoms with Crippen LogP contribution in [0.1, 0.15) is 17.5 Å². The van der Waals surface area contributed by atoms with Crippen molar-refractivity contribution in [3.63, 3.8) is 0 Å². The van der Waals surface area contributed by atoms with Crippen molar-refractivity contribution in [2.75, 3.05) is 6.54 Å². The van der Waals surface area contributed by atoms with Crippen LogP contribution in [0, 0.1) is 18.8 Å². The quantitative estimate of drug-likeness (QED) is 0.858. The lowest BCUT2D eigenvalue weighted by atomic mass is 10.2. The van der Waals surface area contributed by atoms with Crippen LogP contribution < -0.4 is 0 Å². The lowest BCUT2D eigenvalue weighted by Crippen LogP contribution is -2.29. The molecule has 0 unspecified atom stereocenters. The number of fused-ring (bicyclic) bond motifs is 1. The van der Waals surface area contributed by atoms with Crippen LogP contribution in [-0.2, 0) is 16.6 Å². The number of sulfonamides is 1. The fourth-order valence-electron chi connectivity index (χ4n) is 3.34. The van der Waals surface area contributed by atoms with Gasteiger partial charge >= 0.3 is 0 Å². The molecule has 0 spiro atoms. The Morgan fingerprint density at radius 1 is 1.08 bits per heavy atom. The fourth-order valence-corrected chi connectivity index (χ4v) is 4.42. The number of rotatable bonds is 4. The molecule has 124 valence electrons. The standard InChI is InChI=1S/C19H20N2O2S/c1-14-7-9-17(10-8-14)24(22,23)20-19-18-11-16(18)13-21(19)12-15-5-3-2-4-6-15/h2-10,16,18H,11-13H2,1H3/b20-19+/t16-,18-/m1/s1. The summed E-state index contributed by atoms with van der Waals surface area (Å²) in [6.45, 7) is 3.56. The summed E-state index contributed by atoms with van der Waals surface area (Å²) in [5, 5.41) is 0. The van der Waals surface area contributed by atoms with Gasteiger partial charge in [-0.05, 0) is 37.0 Å². The Labute approximate surface area is 142 Å². The SMILES string of the molecule is Cc1ccc(S(=O)(=O)/N=C2\[C@@H]3C[C@@H]3CN2Cc2ccccc2)cc1. The van der Waals surface area contributed by atoms with Gasteiger partial charge in [-0.15, -0.1) is 4.40 Å². The number of hydrogen-bond donors (Lipinski definition) is 0. The monoisotopic (exact) mass is 340 g/mol. The summed E-state index contributed by atoms with van der Waals surface area (Å²) in [7, 11) is -3.65. The number of aryl methyl sites for hydroxylation is 1. The molecule has 2 aromatic carbocycles. The molecule has 5 heteroatoms. The lowest BCUT2D eigenvalue weighted by molar-refractivity contribution is 0.419. The van der Waals surface area contributed by atoms with Crippen LogP contribution in [0.25, 0.3) is 0 Å². The zero-order valence-electron chi connectivity index (χ0n) is 13.6. The van der Waals surface area contributed by atoms with Crippen molar-refractivity contribution in [3.8, 4) is 0 Å². The van der Waals surface area contributed by atoms with Crippen molar-refractivity contribution in [1.82, 2.24) is 4.90 Å². The normalized spacial score (nSPS) is 24.2. The van der Waals surface area contributed by atoms with Gasteiger partial charge in [0, 0.05) is 19.0 Å². The van der Waals surface area contributed by atoms with E-state index < -0.39 is 10.0 Å². The second-order valence-corrected chi connectivity index (χ2v) is 8.31. The molecule has 2 aromatic rings. The Kier molecular flexibility index (Phi) is 3.68. The maximum Gasteiger partial charge on any atom is 0.283 e. The van der Waals surface area contributed by atoms with Gasteiger partial charge in [-0.2, -0.15) is 8.42 Å². The molecule has 0 bridgehead atoms. The number of benzene rings is 2. The van der Waals surface area contributed by atoms with Crippen LogP contribution in [0.4, 0.5) is 0 Å². The molecule has 4 rings (SSSR count). The van der Waals surface area contributed by atoms with Gasteiger partial charge in [0.05, 0.1) is 4.90 Å². The molecular formula is C19H20N2O2S. The third-order valence-electron chi connectivity index (χ3n) is 4.78. The van der Waals surface area contributed by atoms with Gasteiger partial charge < -0.3 is 4.90 Å². The second kappa shape index (κ2) is 5.74. The first-order valence-electron chi connectivity index (χ1n) is 8.23. The largest absolute Gasteiger partial charge is 0.354 e. The molecule has 1 saturated heterocycles. The van der Waals surface area contributed by atoms with Crippen molar-refractivity contribution < 1.29 is 8.42 Å². The predicted molar refractivity (Wildman–Crippen MR) is 94.2 cm³/mol. The fraction of sp³-hybridized carbons (Fsp3) is 0.316. The van der Waals surface area contributed by atoms with Crippen LogP contribution in [0.15, 0.2) is 63.9 Å². The number of likely N-dealkylation sites (tertiary alicyclic amines) is 1. The summed E-state index contributed by atoms with van der Waals surface area (Å²) in [5.74, 6) is 1.62. The van der Waals surface area contributed by atoms with Crippen LogP contribution >= 0.6 is 0 Å². The van der Waals surface area contributed by atoms with Crippen molar-refractivity contribution >= 4 is 15.9 Å². The minimum atomic E-state index is -3.65. The van der Waals surface area contributed by atoms with Crippen LogP contribution in [0.5, 0.6) is 0 Å². The molecule has 24 heavy (non-hydrogen) atoms. The van der Waals surface area contributed by atoms with Gasteiger partial charge in [-0.3, -0.25) is 0 Å². The van der Waals surface area contributed by atoms with Gasteiger partial charge in [-0.25, -0.2) is 0 Å². The van der Waals surface area contributed by atoms with E-state index in [0.29, 0.717) is 11.8 Å². The lowest BCUT2D eigenvalue weighted by Gasteiger charge is -2.21. The first-order chi connectivity index (χ1) is 11.5. The van der Waals surface area contributed by atoms with Crippen LogP contribution in [0.3, 0.4) is 0 Å². The average molecular weight is 340 g/mol. The van der Waals surface area contributed by atoms with Crippen molar-refractivity contribution in [1.29, 1.82) is 0 Å². The summed E-state index contributed by atoms with van der Waals surface area (Å²) >= 11 is 0. The van der Waals surface area contributed by atoms with E-state index in [-0.39, 0.29) is 4.90 Å². The molecule has 1 aliphatic heterocycles. The number of piperidine rings is 1. The van der Waals surface area contributed by atoms with E-state index in [1.165, 1.54) is 5.56 Å². The Hall–Kier alpha value is -2.14. The van der Waals surface area contributed by atoms with E-state index in [4.69, 9.17) is 0 Å². The maximum absolute atomic E-state index is 12.6. The molecule has 4 nitrogen and oxygen atoms in total. The van der Waals surface area contributed by atoms with Crippen LogP contribution in [0.2, 0.25) is 0 Å². The number of amidine groups is 1. The second-order valence-electron chi connectivity index (χ2n) is 6.71. The molecule has 2 fully saturated rings. The first-order valence-corrected chi connectivity index (χ1v) is 9.67. The van der Waals surface area contributed by atoms with E-state index in [1.807, 2.05) is 37.3 Å². The summed E-state index contributed by atoms with van der Waals surface area (Å²) < 4.78 is 29.5. The molecule has 1 saturated carbocycles. The summed E-state index contributed by atoms with van der Waals surface area (Å²) in [6.07, 6.45) is 1.06. The average Bonchev–Trinajstić information content (AvgIpc) is 3.26. The summed E-state index contributed by atoms with van der Waals surface area (Å²) in [5.41, 5.74) is 2.22. The Morgan fingerprint density at radius 2 is 1.79 bits per heavy atom. The van der Waals surface area contributed by atoms with Gasteiger partial charge in [0.2, 0.25) is 0 Å². The van der Waals surface area contributed by atoms with Gasteiger partial charge in [0.15, 0.2) is 0 Å². The topological polar surface area (TPSA) is 49.7 Å². The van der Waals surface area contributed by atoms with Crippen molar-refractivity contribution in [2.45, 2.75) is 24.8 Å². The predicted octanol–water partition coefficient (Wildman–Crippen LogP) is 3.23. The van der Waals surface area contributed by atoms with Crippen molar-refractivity contribution in [3.05, 3.63) is 65.7 Å². The smallest absolute Gasteiger partial charge is 0.283 e. The molecule has 2 aliphatic rings. The summed E-state index contributed by atoms with van der Waals surface area (Å²) in [4.78, 5) is 2.39. The van der Waals surface area contributed by atoms with Crippen molar-refractivity contribution in [2.24, 2.45) is 16.2 Å². The summed E-state index contributed by atoms with van der Waals surface area (Å²) in [6, 6.07) is 17.0. The Bertz CT molecular complexity index is 873. The molecule has 0 amide bonds. The van der Waals surface area contributed by atoms with E-state index >= 15 is 0 Å². The third kappa shape index (κ3) is 2.96. The van der Waals surface area contributed by atoms with E-state index in [0.717, 1.165) is 30.9 Å². The minimum absolute atomic E-state index is 0.268. The third-order valence-corrected chi connectivity index (χ3v) is 6.08. The zero-order valence-corrected chi connectivity index (χ0v) is 14.4. The highest BCUT2D eigenvalue weighted by molar-refractivity contribution is 7.90. The van der Waals surface area contributed by atoms with Crippen LogP contribution in [-0.4, -0.2) is 25.7 Å². The zero-order chi connectivity index (χ0) is 16.7. The highest BCUT2D eigenvalue weighted by Crippen LogP contribution is 2.47.